The van der Waals surface area contributed by atoms with Crippen LogP contribution < -0.4 is 5.32 Å². The van der Waals surface area contributed by atoms with Crippen molar-refractivity contribution in [2.24, 2.45) is 0 Å². The number of imidazole rings is 1. The summed E-state index contributed by atoms with van der Waals surface area (Å²) in [5.41, 5.74) is 1.23. The molecule has 0 saturated carbocycles. The molecule has 0 aliphatic carbocycles. The second-order valence-electron chi connectivity index (χ2n) is 5.50. The first-order valence-corrected chi connectivity index (χ1v) is 6.75. The number of aromatic nitrogens is 2. The highest BCUT2D eigenvalue weighted by atomic mass is 15.2. The molecule has 2 fully saturated rings. The molecular weight excluding hydrogens is 212 g/mol. The minimum atomic E-state index is 0.728. The van der Waals surface area contributed by atoms with Gasteiger partial charge in [0.15, 0.2) is 0 Å². The summed E-state index contributed by atoms with van der Waals surface area (Å²) in [4.78, 5) is 9.78. The van der Waals surface area contributed by atoms with Crippen molar-refractivity contribution in [3.05, 3.63) is 18.2 Å². The second kappa shape index (κ2) is 4.78. The third kappa shape index (κ3) is 2.38. The first-order chi connectivity index (χ1) is 8.33. The van der Waals surface area contributed by atoms with Crippen molar-refractivity contribution in [1.82, 2.24) is 20.2 Å². The third-order valence-electron chi connectivity index (χ3n) is 4.48. The number of nitrogens with zero attached hydrogens (tertiary/aromatic N) is 2. The highest BCUT2D eigenvalue weighted by Crippen LogP contribution is 2.34. The zero-order valence-corrected chi connectivity index (χ0v) is 10.5. The lowest BCUT2D eigenvalue weighted by Crippen LogP contribution is -2.47. The molecule has 1 aromatic heterocycles. The molecule has 2 saturated heterocycles. The minimum absolute atomic E-state index is 0.728. The summed E-state index contributed by atoms with van der Waals surface area (Å²) >= 11 is 0. The van der Waals surface area contributed by atoms with Gasteiger partial charge in [-0.05, 0) is 32.7 Å². The Kier molecular flexibility index (Phi) is 3.16. The predicted octanol–water partition coefficient (Wildman–Crippen LogP) is 1.17. The van der Waals surface area contributed by atoms with Gasteiger partial charge in [-0.1, -0.05) is 0 Å². The van der Waals surface area contributed by atoms with E-state index in [4.69, 9.17) is 0 Å². The Morgan fingerprint density at radius 2 is 2.18 bits per heavy atom. The summed E-state index contributed by atoms with van der Waals surface area (Å²) < 4.78 is 0. The quantitative estimate of drug-likeness (QED) is 0.822. The number of hydrogen-bond acceptors (Lipinski definition) is 3. The molecule has 2 bridgehead atoms. The second-order valence-corrected chi connectivity index (χ2v) is 5.50. The average Bonchev–Trinajstić information content (AvgIpc) is 2.87. The Balaban J connectivity index is 1.44. The lowest BCUT2D eigenvalue weighted by atomic mass is 9.98. The topological polar surface area (TPSA) is 44.0 Å². The van der Waals surface area contributed by atoms with Crippen LogP contribution in [-0.2, 0) is 6.42 Å². The molecule has 4 nitrogen and oxygen atoms in total. The van der Waals surface area contributed by atoms with Crippen LogP contribution >= 0.6 is 0 Å². The van der Waals surface area contributed by atoms with Crippen molar-refractivity contribution in [2.75, 3.05) is 13.6 Å². The molecule has 3 heterocycles. The number of nitrogens with one attached hydrogen (secondary N) is 2. The van der Waals surface area contributed by atoms with Crippen LogP contribution in [0.1, 0.15) is 31.4 Å². The molecule has 3 rings (SSSR count). The molecule has 0 spiro atoms. The van der Waals surface area contributed by atoms with Crippen molar-refractivity contribution in [3.8, 4) is 0 Å². The molecule has 2 unspecified atom stereocenters. The highest BCUT2D eigenvalue weighted by molar-refractivity contribution is 4.98. The summed E-state index contributed by atoms with van der Waals surface area (Å²) in [5, 5.41) is 3.71. The van der Waals surface area contributed by atoms with Gasteiger partial charge in [-0.2, -0.15) is 0 Å². The Labute approximate surface area is 103 Å². The van der Waals surface area contributed by atoms with E-state index in [0.717, 1.165) is 31.1 Å². The van der Waals surface area contributed by atoms with Crippen molar-refractivity contribution in [2.45, 2.75) is 50.2 Å². The largest absolute Gasteiger partial charge is 0.348 e. The molecule has 1 aromatic rings. The maximum Gasteiger partial charge on any atom is 0.0921 e. The van der Waals surface area contributed by atoms with Crippen LogP contribution in [0.4, 0.5) is 0 Å². The fourth-order valence-corrected chi connectivity index (χ4v) is 3.41. The molecule has 4 heteroatoms. The van der Waals surface area contributed by atoms with E-state index in [1.807, 2.05) is 6.20 Å². The van der Waals surface area contributed by atoms with Crippen LogP contribution in [0.2, 0.25) is 0 Å². The first kappa shape index (κ1) is 11.2. The standard InChI is InChI=1S/C13H22N4/c1-17-12-2-3-13(17)7-11(6-12)15-5-4-10-8-14-9-16-10/h8-9,11-13,15H,2-7H2,1H3,(H,14,16). The van der Waals surface area contributed by atoms with E-state index >= 15 is 0 Å². The Hall–Kier alpha value is -0.870. The summed E-state index contributed by atoms with van der Waals surface area (Å²) in [6.07, 6.45) is 10.2. The van der Waals surface area contributed by atoms with Gasteiger partial charge in [-0.25, -0.2) is 4.98 Å². The van der Waals surface area contributed by atoms with Gasteiger partial charge in [0.2, 0.25) is 0 Å². The zero-order chi connectivity index (χ0) is 11.7. The van der Waals surface area contributed by atoms with Crippen LogP contribution in [0.3, 0.4) is 0 Å². The van der Waals surface area contributed by atoms with Crippen LogP contribution in [0.25, 0.3) is 0 Å². The maximum absolute atomic E-state index is 4.04. The van der Waals surface area contributed by atoms with E-state index < -0.39 is 0 Å². The van der Waals surface area contributed by atoms with Crippen molar-refractivity contribution in [1.29, 1.82) is 0 Å². The molecule has 94 valence electrons. The molecule has 2 aliphatic rings. The molecule has 17 heavy (non-hydrogen) atoms. The van der Waals surface area contributed by atoms with Crippen LogP contribution in [-0.4, -0.2) is 46.6 Å². The number of aromatic amines is 1. The monoisotopic (exact) mass is 234 g/mol. The Morgan fingerprint density at radius 3 is 2.82 bits per heavy atom. The minimum Gasteiger partial charge on any atom is -0.348 e. The van der Waals surface area contributed by atoms with Crippen molar-refractivity contribution in [3.63, 3.8) is 0 Å². The molecule has 0 aromatic carbocycles. The molecule has 2 aliphatic heterocycles. The highest BCUT2D eigenvalue weighted by Gasteiger charge is 2.37. The molecule has 0 amide bonds. The summed E-state index contributed by atoms with van der Waals surface area (Å²) in [6.45, 7) is 1.07. The summed E-state index contributed by atoms with van der Waals surface area (Å²) in [7, 11) is 2.29. The predicted molar refractivity (Wildman–Crippen MR) is 67.9 cm³/mol. The fraction of sp³-hybridized carbons (Fsp3) is 0.769. The number of H-pyrrole nitrogens is 1. The average molecular weight is 234 g/mol. The number of fused-ring (bicyclic) bond motifs is 2. The van der Waals surface area contributed by atoms with Gasteiger partial charge in [0, 0.05) is 43.0 Å². The van der Waals surface area contributed by atoms with E-state index in [0.29, 0.717) is 0 Å². The van der Waals surface area contributed by atoms with Crippen LogP contribution in [0, 0.1) is 0 Å². The SMILES string of the molecule is CN1C2CCC1CC(NCCc1cnc[nH]1)C2. The maximum atomic E-state index is 4.04. The molecule has 0 radical (unpaired) electrons. The fourth-order valence-electron chi connectivity index (χ4n) is 3.41. The summed E-state index contributed by atoms with van der Waals surface area (Å²) in [5.74, 6) is 0. The van der Waals surface area contributed by atoms with Gasteiger partial charge in [0.25, 0.3) is 0 Å². The van der Waals surface area contributed by atoms with Gasteiger partial charge in [-0.15, -0.1) is 0 Å². The van der Waals surface area contributed by atoms with Gasteiger partial charge < -0.3 is 15.2 Å². The normalized spacial score (nSPS) is 33.1. The molecule has 2 atom stereocenters. The Morgan fingerprint density at radius 1 is 1.41 bits per heavy atom. The van der Waals surface area contributed by atoms with Gasteiger partial charge >= 0.3 is 0 Å². The van der Waals surface area contributed by atoms with E-state index in [1.54, 1.807) is 6.33 Å². The van der Waals surface area contributed by atoms with E-state index in [1.165, 1.54) is 31.4 Å². The van der Waals surface area contributed by atoms with E-state index in [2.05, 4.69) is 27.2 Å². The number of piperidine rings is 1. The third-order valence-corrected chi connectivity index (χ3v) is 4.48. The lowest BCUT2D eigenvalue weighted by Gasteiger charge is -2.36. The van der Waals surface area contributed by atoms with E-state index in [9.17, 15) is 0 Å². The van der Waals surface area contributed by atoms with E-state index in [-0.39, 0.29) is 0 Å². The number of hydrogen-bond donors (Lipinski definition) is 2. The lowest BCUT2D eigenvalue weighted by molar-refractivity contribution is 0.149. The summed E-state index contributed by atoms with van der Waals surface area (Å²) in [6, 6.07) is 2.39. The smallest absolute Gasteiger partial charge is 0.0921 e. The van der Waals surface area contributed by atoms with Gasteiger partial charge in [-0.3, -0.25) is 0 Å². The number of rotatable bonds is 4. The Bertz CT molecular complexity index is 334. The molecule has 2 N–H and O–H groups in total. The zero-order valence-electron chi connectivity index (χ0n) is 10.5. The van der Waals surface area contributed by atoms with Crippen LogP contribution in [0.15, 0.2) is 12.5 Å². The van der Waals surface area contributed by atoms with Crippen molar-refractivity contribution < 1.29 is 0 Å². The van der Waals surface area contributed by atoms with Gasteiger partial charge in [0.05, 0.1) is 6.33 Å². The van der Waals surface area contributed by atoms with Crippen LogP contribution in [0.5, 0.6) is 0 Å². The molecular formula is C13H22N4. The van der Waals surface area contributed by atoms with Gasteiger partial charge in [0.1, 0.15) is 0 Å². The van der Waals surface area contributed by atoms with Crippen molar-refractivity contribution >= 4 is 0 Å². The first-order valence-electron chi connectivity index (χ1n) is 6.75.